The summed E-state index contributed by atoms with van der Waals surface area (Å²) in [5, 5.41) is 0. The second-order valence-corrected chi connectivity index (χ2v) is 6.02. The fraction of sp³-hybridized carbons (Fsp3) is 1.00. The monoisotopic (exact) mass is 224 g/mol. The van der Waals surface area contributed by atoms with E-state index in [1.807, 2.05) is 9.34 Å². The van der Waals surface area contributed by atoms with Crippen molar-refractivity contribution in [2.75, 3.05) is 38.7 Å². The molecule has 0 aromatic carbocycles. The summed E-state index contributed by atoms with van der Waals surface area (Å²) in [6.07, 6.45) is 0.985. The van der Waals surface area contributed by atoms with Crippen molar-refractivity contribution in [3.05, 3.63) is 0 Å². The quantitative estimate of drug-likeness (QED) is 0.524. The maximum absolute atomic E-state index is 12.3. The first-order chi connectivity index (χ1) is 6.27. The van der Waals surface area contributed by atoms with E-state index in [0.717, 1.165) is 26.1 Å². The van der Waals surface area contributed by atoms with Gasteiger partial charge in [0.05, 0.1) is 6.61 Å². The first-order valence-corrected chi connectivity index (χ1v) is 6.65. The zero-order chi connectivity index (χ0) is 9.31. The van der Waals surface area contributed by atoms with Gasteiger partial charge in [0.25, 0.3) is 0 Å². The predicted molar refractivity (Wildman–Crippen MR) is 52.0 cm³/mol. The summed E-state index contributed by atoms with van der Waals surface area (Å²) < 4.78 is 21.5. The molecule has 2 aliphatic rings. The minimum Gasteiger partial charge on any atom is -0.306 e. The zero-order valence-corrected chi connectivity index (χ0v) is 9.14. The van der Waals surface area contributed by atoms with E-state index in [1.54, 1.807) is 0 Å². The molecule has 2 saturated heterocycles. The van der Waals surface area contributed by atoms with E-state index >= 15 is 0 Å². The number of fused-ring (bicyclic) bond motifs is 1. The van der Waals surface area contributed by atoms with Crippen LogP contribution in [0.25, 0.3) is 0 Å². The van der Waals surface area contributed by atoms with Crippen LogP contribution in [0.15, 0.2) is 0 Å². The molecule has 2 aliphatic heterocycles. The average Bonchev–Trinajstić information content (AvgIpc) is 2.45. The van der Waals surface area contributed by atoms with Crippen LogP contribution in [0.4, 0.5) is 0 Å². The van der Waals surface area contributed by atoms with Gasteiger partial charge < -0.3 is 4.52 Å². The van der Waals surface area contributed by atoms with Crippen LogP contribution in [0.2, 0.25) is 0 Å². The van der Waals surface area contributed by atoms with Gasteiger partial charge >= 0.3 is 7.67 Å². The van der Waals surface area contributed by atoms with Crippen LogP contribution in [-0.4, -0.2) is 48.0 Å². The van der Waals surface area contributed by atoms with Crippen molar-refractivity contribution < 1.29 is 9.09 Å². The zero-order valence-electron chi connectivity index (χ0n) is 7.49. The Balaban J connectivity index is 2.11. The highest BCUT2D eigenvalue weighted by Crippen LogP contribution is 2.59. The number of nitrogens with zero attached hydrogens (tertiary/aromatic N) is 2. The van der Waals surface area contributed by atoms with Crippen LogP contribution in [0.3, 0.4) is 0 Å². The van der Waals surface area contributed by atoms with E-state index in [4.69, 9.17) is 16.1 Å². The summed E-state index contributed by atoms with van der Waals surface area (Å²) in [6.45, 7) is 3.86. The lowest BCUT2D eigenvalue weighted by Crippen LogP contribution is -2.28. The molecule has 0 N–H and O–H groups in total. The molecule has 4 nitrogen and oxygen atoms in total. The molecule has 76 valence electrons. The molecule has 6 heteroatoms. The van der Waals surface area contributed by atoms with Gasteiger partial charge in [0.15, 0.2) is 0 Å². The lowest BCUT2D eigenvalue weighted by atomic mass is 10.4. The first kappa shape index (κ1) is 9.94. The molecule has 2 fully saturated rings. The molecule has 0 bridgehead atoms. The highest BCUT2D eigenvalue weighted by atomic mass is 35.5. The third-order valence-corrected chi connectivity index (χ3v) is 5.41. The van der Waals surface area contributed by atoms with Gasteiger partial charge in [-0.2, -0.15) is 0 Å². The number of alkyl halides is 1. The number of hydrogen-bond acceptors (Lipinski definition) is 2. The lowest BCUT2D eigenvalue weighted by Gasteiger charge is -2.32. The molecule has 0 saturated carbocycles. The third kappa shape index (κ3) is 1.66. The molecule has 1 atom stereocenters. The fourth-order valence-electron chi connectivity index (χ4n) is 1.83. The predicted octanol–water partition coefficient (Wildman–Crippen LogP) is 1.37. The van der Waals surface area contributed by atoms with Crippen molar-refractivity contribution >= 4 is 19.3 Å². The molecule has 0 aliphatic carbocycles. The maximum Gasteiger partial charge on any atom is 0.346 e. The van der Waals surface area contributed by atoms with E-state index < -0.39 is 7.67 Å². The Morgan fingerprint density at radius 1 is 1.38 bits per heavy atom. The molecule has 0 aromatic heterocycles. The SMILES string of the molecule is O=[P@]12OCCCN1CCN2CCCl. The highest BCUT2D eigenvalue weighted by Gasteiger charge is 2.45. The fourth-order valence-corrected chi connectivity index (χ4v) is 4.63. The van der Waals surface area contributed by atoms with Crippen LogP contribution in [0.5, 0.6) is 0 Å². The topological polar surface area (TPSA) is 32.8 Å². The Morgan fingerprint density at radius 2 is 2.23 bits per heavy atom. The standard InChI is InChI=1S/C7H14ClN2O2P/c8-2-4-10-6-5-9-3-1-7-12-13(9,10)11/h1-7H2/t13-/m0/s1. The van der Waals surface area contributed by atoms with Crippen LogP contribution in [0, 0.1) is 0 Å². The van der Waals surface area contributed by atoms with Gasteiger partial charge in [-0.1, -0.05) is 0 Å². The molecule has 0 amide bonds. The first-order valence-electron chi connectivity index (χ1n) is 4.59. The second kappa shape index (κ2) is 3.87. The van der Waals surface area contributed by atoms with Crippen molar-refractivity contribution in [2.24, 2.45) is 0 Å². The minimum absolute atomic E-state index is 0.515. The van der Waals surface area contributed by atoms with Gasteiger partial charge in [0.1, 0.15) is 0 Å². The number of rotatable bonds is 2. The number of halogens is 1. The summed E-state index contributed by atoms with van der Waals surface area (Å²) in [4.78, 5) is 0. The summed E-state index contributed by atoms with van der Waals surface area (Å²) in [6, 6.07) is 0. The molecule has 0 radical (unpaired) electrons. The largest absolute Gasteiger partial charge is 0.346 e. The van der Waals surface area contributed by atoms with Gasteiger partial charge in [-0.3, -0.25) is 4.57 Å². The normalized spacial score (nSPS) is 36.4. The van der Waals surface area contributed by atoms with Crippen LogP contribution in [0.1, 0.15) is 6.42 Å². The van der Waals surface area contributed by atoms with E-state index in [1.165, 1.54) is 0 Å². The minimum atomic E-state index is -2.62. The van der Waals surface area contributed by atoms with Crippen molar-refractivity contribution in [1.82, 2.24) is 9.34 Å². The van der Waals surface area contributed by atoms with Crippen LogP contribution < -0.4 is 0 Å². The second-order valence-electron chi connectivity index (χ2n) is 3.27. The van der Waals surface area contributed by atoms with Crippen molar-refractivity contribution in [1.29, 1.82) is 0 Å². The summed E-state index contributed by atoms with van der Waals surface area (Å²) >= 11 is 5.64. The van der Waals surface area contributed by atoms with Crippen LogP contribution in [-0.2, 0) is 9.09 Å². The Labute approximate surface area is 83.3 Å². The highest BCUT2D eigenvalue weighted by molar-refractivity contribution is 7.54. The Kier molecular flexibility index (Phi) is 2.96. The molecule has 2 rings (SSSR count). The Morgan fingerprint density at radius 3 is 3.00 bits per heavy atom. The van der Waals surface area contributed by atoms with Gasteiger partial charge in [-0.25, -0.2) is 9.34 Å². The van der Waals surface area contributed by atoms with Crippen molar-refractivity contribution in [2.45, 2.75) is 6.42 Å². The van der Waals surface area contributed by atoms with Crippen molar-refractivity contribution in [3.63, 3.8) is 0 Å². The molecule has 0 aromatic rings. The van der Waals surface area contributed by atoms with E-state index in [-0.39, 0.29) is 0 Å². The molecule has 13 heavy (non-hydrogen) atoms. The van der Waals surface area contributed by atoms with Crippen molar-refractivity contribution in [3.8, 4) is 0 Å². The third-order valence-electron chi connectivity index (χ3n) is 2.49. The maximum atomic E-state index is 12.3. The average molecular weight is 225 g/mol. The molecule has 0 spiro atoms. The Hall–Kier alpha value is 0.400. The number of hydrogen-bond donors (Lipinski definition) is 0. The summed E-state index contributed by atoms with van der Waals surface area (Å²) in [5.74, 6) is 0.515. The van der Waals surface area contributed by atoms with Gasteiger partial charge in [-0.15, -0.1) is 11.6 Å². The van der Waals surface area contributed by atoms with Gasteiger partial charge in [0, 0.05) is 32.1 Å². The molecule has 2 heterocycles. The van der Waals surface area contributed by atoms with Gasteiger partial charge in [-0.05, 0) is 6.42 Å². The van der Waals surface area contributed by atoms with E-state index in [0.29, 0.717) is 19.0 Å². The Bertz CT molecular complexity index is 239. The van der Waals surface area contributed by atoms with Crippen LogP contribution >= 0.6 is 19.3 Å². The molecule has 0 unspecified atom stereocenters. The molecular weight excluding hydrogens is 211 g/mol. The summed E-state index contributed by atoms with van der Waals surface area (Å²) in [5.41, 5.74) is 0. The van der Waals surface area contributed by atoms with E-state index in [9.17, 15) is 4.57 Å². The summed E-state index contributed by atoms with van der Waals surface area (Å²) in [7, 11) is -2.62. The van der Waals surface area contributed by atoms with E-state index in [2.05, 4.69) is 0 Å². The smallest absolute Gasteiger partial charge is 0.306 e. The lowest BCUT2D eigenvalue weighted by molar-refractivity contribution is 0.205. The molecular formula is C7H14ClN2O2P. The van der Waals surface area contributed by atoms with Gasteiger partial charge in [0.2, 0.25) is 0 Å².